The Bertz CT molecular complexity index is 1350. The van der Waals surface area contributed by atoms with Gasteiger partial charge >= 0.3 is 5.69 Å². The highest BCUT2D eigenvalue weighted by Crippen LogP contribution is 2.44. The second-order valence-electron chi connectivity index (χ2n) is 7.68. The van der Waals surface area contributed by atoms with Gasteiger partial charge < -0.3 is 10.3 Å². The molecule has 1 aliphatic heterocycles. The zero-order chi connectivity index (χ0) is 20.1. The smallest absolute Gasteiger partial charge is 0.326 e. The molecule has 3 heterocycles. The number of anilines is 2. The molecule has 6 nitrogen and oxygen atoms in total. The second kappa shape index (κ2) is 6.44. The summed E-state index contributed by atoms with van der Waals surface area (Å²) in [7, 11) is 0. The van der Waals surface area contributed by atoms with Crippen LogP contribution >= 0.6 is 0 Å². The van der Waals surface area contributed by atoms with Crippen molar-refractivity contribution in [3.8, 4) is 0 Å². The number of aromatic nitrogens is 3. The number of nitrogens with one attached hydrogen (secondary N) is 3. The summed E-state index contributed by atoms with van der Waals surface area (Å²) in [5.74, 6) is 0.163. The van der Waals surface area contributed by atoms with Gasteiger partial charge in [-0.2, -0.15) is 0 Å². The van der Waals surface area contributed by atoms with Crippen LogP contribution in [0.3, 0.4) is 0 Å². The van der Waals surface area contributed by atoms with Gasteiger partial charge in [-0.1, -0.05) is 44.2 Å². The van der Waals surface area contributed by atoms with Crippen molar-refractivity contribution in [2.75, 3.05) is 5.32 Å². The Kier molecular flexibility index (Phi) is 3.87. The van der Waals surface area contributed by atoms with Crippen LogP contribution in [0.25, 0.3) is 10.9 Å². The van der Waals surface area contributed by atoms with E-state index < -0.39 is 11.2 Å². The van der Waals surface area contributed by atoms with Crippen LogP contribution in [0.15, 0.2) is 64.3 Å². The van der Waals surface area contributed by atoms with E-state index in [2.05, 4.69) is 58.4 Å². The lowest BCUT2D eigenvalue weighted by atomic mass is 9.82. The molecule has 0 aliphatic carbocycles. The van der Waals surface area contributed by atoms with Crippen LogP contribution in [0, 0.1) is 0 Å². The quantitative estimate of drug-likeness (QED) is 0.429. The highest BCUT2D eigenvalue weighted by molar-refractivity contribution is 5.97. The molecule has 2 aromatic carbocycles. The van der Waals surface area contributed by atoms with Crippen molar-refractivity contribution in [1.29, 1.82) is 0 Å². The predicted octanol–water partition coefficient (Wildman–Crippen LogP) is 3.97. The zero-order valence-corrected chi connectivity index (χ0v) is 16.1. The minimum atomic E-state index is -0.509. The molecule has 0 bridgehead atoms. The lowest BCUT2D eigenvalue weighted by Crippen LogP contribution is -2.31. The fourth-order valence-corrected chi connectivity index (χ4v) is 4.09. The maximum atomic E-state index is 12.6. The third kappa shape index (κ3) is 2.76. The number of benzene rings is 2. The topological polar surface area (TPSA) is 90.6 Å². The summed E-state index contributed by atoms with van der Waals surface area (Å²) in [5.41, 5.74) is 4.95. The Morgan fingerprint density at radius 2 is 1.72 bits per heavy atom. The van der Waals surface area contributed by atoms with Crippen molar-refractivity contribution in [2.24, 2.45) is 0 Å². The SMILES string of the molecule is CC(C)c1ccc(C2c3ccc4ncccc4c3Nc3c2[nH]c(=O)[nH]c3=O)cc1. The van der Waals surface area contributed by atoms with E-state index in [-0.39, 0.29) is 5.92 Å². The Hall–Kier alpha value is -3.67. The van der Waals surface area contributed by atoms with Crippen LogP contribution in [0.5, 0.6) is 0 Å². The average Bonchev–Trinajstić information content (AvgIpc) is 2.72. The van der Waals surface area contributed by atoms with Crippen molar-refractivity contribution in [1.82, 2.24) is 15.0 Å². The average molecular weight is 384 g/mol. The molecular weight excluding hydrogens is 364 g/mol. The molecular formula is C23H20N4O2. The predicted molar refractivity (Wildman–Crippen MR) is 114 cm³/mol. The number of aromatic amines is 2. The minimum Gasteiger partial charge on any atom is -0.349 e. The maximum Gasteiger partial charge on any atom is 0.326 e. The first-order valence-electron chi connectivity index (χ1n) is 9.64. The van der Waals surface area contributed by atoms with Crippen molar-refractivity contribution in [3.05, 3.63) is 98.0 Å². The molecule has 6 heteroatoms. The summed E-state index contributed by atoms with van der Waals surface area (Å²) in [6.07, 6.45) is 1.75. The van der Waals surface area contributed by atoms with E-state index in [1.165, 1.54) is 5.56 Å². The Morgan fingerprint density at radius 3 is 2.48 bits per heavy atom. The van der Waals surface area contributed by atoms with Gasteiger partial charge in [0.2, 0.25) is 0 Å². The molecule has 2 aromatic heterocycles. The van der Waals surface area contributed by atoms with Gasteiger partial charge in [0.15, 0.2) is 0 Å². The van der Waals surface area contributed by atoms with Crippen molar-refractivity contribution in [3.63, 3.8) is 0 Å². The number of nitrogens with zero attached hydrogens (tertiary/aromatic N) is 1. The van der Waals surface area contributed by atoms with Crippen LogP contribution in [-0.2, 0) is 0 Å². The minimum absolute atomic E-state index is 0.262. The molecule has 1 aliphatic rings. The largest absolute Gasteiger partial charge is 0.349 e. The molecule has 3 N–H and O–H groups in total. The van der Waals surface area contributed by atoms with Gasteiger partial charge in [0, 0.05) is 11.6 Å². The molecule has 0 saturated heterocycles. The first-order valence-corrected chi connectivity index (χ1v) is 9.64. The third-order valence-electron chi connectivity index (χ3n) is 5.58. The molecule has 0 fully saturated rings. The number of pyridine rings is 1. The van der Waals surface area contributed by atoms with Gasteiger partial charge in [0.25, 0.3) is 5.56 Å². The van der Waals surface area contributed by atoms with Gasteiger partial charge in [0.05, 0.1) is 22.8 Å². The molecule has 1 unspecified atom stereocenters. The number of rotatable bonds is 2. The Morgan fingerprint density at radius 1 is 0.931 bits per heavy atom. The zero-order valence-electron chi connectivity index (χ0n) is 16.1. The fraction of sp³-hybridized carbons (Fsp3) is 0.174. The number of hydrogen-bond acceptors (Lipinski definition) is 4. The van der Waals surface area contributed by atoms with Crippen LogP contribution in [0.2, 0.25) is 0 Å². The maximum absolute atomic E-state index is 12.6. The molecule has 1 atom stereocenters. The Labute approximate surface area is 166 Å². The van der Waals surface area contributed by atoms with Crippen molar-refractivity contribution in [2.45, 2.75) is 25.7 Å². The highest BCUT2D eigenvalue weighted by Gasteiger charge is 2.31. The van der Waals surface area contributed by atoms with Gasteiger partial charge in [0.1, 0.15) is 5.69 Å². The van der Waals surface area contributed by atoms with E-state index >= 15 is 0 Å². The standard InChI is InChI=1S/C23H20N4O2/c1-12(2)13-5-7-14(8-6-13)18-16-9-10-17-15(4-3-11-24-17)19(16)25-21-20(18)26-23(29)27-22(21)28/h3-12,18,25H,1-2H3,(H2,26,27,28,29). The lowest BCUT2D eigenvalue weighted by molar-refractivity contribution is 0.848. The molecule has 4 aromatic rings. The summed E-state index contributed by atoms with van der Waals surface area (Å²) in [6, 6.07) is 16.2. The summed E-state index contributed by atoms with van der Waals surface area (Å²) in [5, 5.41) is 4.19. The summed E-state index contributed by atoms with van der Waals surface area (Å²) < 4.78 is 0. The first kappa shape index (κ1) is 17.4. The van der Waals surface area contributed by atoms with E-state index in [0.717, 1.165) is 27.7 Å². The lowest BCUT2D eigenvalue weighted by Gasteiger charge is -2.29. The van der Waals surface area contributed by atoms with Gasteiger partial charge in [-0.15, -0.1) is 0 Å². The molecule has 29 heavy (non-hydrogen) atoms. The van der Waals surface area contributed by atoms with Crippen LogP contribution < -0.4 is 16.6 Å². The van der Waals surface area contributed by atoms with E-state index in [4.69, 9.17) is 0 Å². The molecule has 0 radical (unpaired) electrons. The number of hydrogen-bond donors (Lipinski definition) is 3. The van der Waals surface area contributed by atoms with Crippen LogP contribution in [-0.4, -0.2) is 15.0 Å². The summed E-state index contributed by atoms with van der Waals surface area (Å²) in [4.78, 5) is 34.3. The van der Waals surface area contributed by atoms with Crippen LogP contribution in [0.1, 0.15) is 48.1 Å². The molecule has 0 saturated carbocycles. The van der Waals surface area contributed by atoms with Gasteiger partial charge in [-0.05, 0) is 40.8 Å². The first-order chi connectivity index (χ1) is 14.0. The summed E-state index contributed by atoms with van der Waals surface area (Å²) in [6.45, 7) is 4.31. The third-order valence-corrected chi connectivity index (χ3v) is 5.58. The van der Waals surface area contributed by atoms with Crippen molar-refractivity contribution < 1.29 is 0 Å². The van der Waals surface area contributed by atoms with E-state index in [9.17, 15) is 9.59 Å². The van der Waals surface area contributed by atoms with Crippen molar-refractivity contribution >= 4 is 22.3 Å². The number of H-pyrrole nitrogens is 2. The molecule has 0 spiro atoms. The van der Waals surface area contributed by atoms with E-state index in [1.54, 1.807) is 6.20 Å². The van der Waals surface area contributed by atoms with E-state index in [0.29, 0.717) is 17.3 Å². The molecule has 5 rings (SSSR count). The van der Waals surface area contributed by atoms with Gasteiger partial charge in [-0.3, -0.25) is 14.8 Å². The second-order valence-corrected chi connectivity index (χ2v) is 7.68. The normalized spacial score (nSPS) is 15.1. The van der Waals surface area contributed by atoms with Gasteiger partial charge in [-0.25, -0.2) is 4.79 Å². The Balaban J connectivity index is 1.81. The fourth-order valence-electron chi connectivity index (χ4n) is 4.09. The highest BCUT2D eigenvalue weighted by atomic mass is 16.2. The molecule has 144 valence electrons. The van der Waals surface area contributed by atoms with E-state index in [1.807, 2.05) is 24.3 Å². The number of fused-ring (bicyclic) bond motifs is 4. The monoisotopic (exact) mass is 384 g/mol. The molecule has 0 amide bonds. The summed E-state index contributed by atoms with van der Waals surface area (Å²) >= 11 is 0. The van der Waals surface area contributed by atoms with Crippen LogP contribution in [0.4, 0.5) is 11.4 Å².